The third-order valence-corrected chi connectivity index (χ3v) is 4.40. The Labute approximate surface area is 151 Å². The third-order valence-electron chi connectivity index (χ3n) is 4.40. The fourth-order valence-electron chi connectivity index (χ4n) is 3.03. The molecule has 3 aromatic rings. The smallest absolute Gasteiger partial charge is 0.225 e. The molecule has 1 atom stereocenters. The molecule has 132 valence electrons. The van der Waals surface area contributed by atoms with Crippen molar-refractivity contribution in [2.45, 2.75) is 12.5 Å². The van der Waals surface area contributed by atoms with Gasteiger partial charge < -0.3 is 9.64 Å². The maximum absolute atomic E-state index is 13.0. The van der Waals surface area contributed by atoms with E-state index in [0.29, 0.717) is 19.1 Å². The van der Waals surface area contributed by atoms with E-state index >= 15 is 0 Å². The zero-order valence-electron chi connectivity index (χ0n) is 14.3. The second-order valence-corrected chi connectivity index (χ2v) is 6.25. The SMILES string of the molecule is Fc1ccc(Cc2ccc([C@@H]3CN(c4ncccn4)CCO3)nc2)cc1. The Balaban J connectivity index is 1.43. The monoisotopic (exact) mass is 350 g/mol. The first-order chi connectivity index (χ1) is 12.8. The Hall–Kier alpha value is -2.86. The molecule has 1 saturated heterocycles. The Bertz CT molecular complexity index is 840. The number of nitrogens with zero attached hydrogens (tertiary/aromatic N) is 4. The summed E-state index contributed by atoms with van der Waals surface area (Å²) in [7, 11) is 0. The van der Waals surface area contributed by atoms with Crippen LogP contribution in [0.2, 0.25) is 0 Å². The van der Waals surface area contributed by atoms with Gasteiger partial charge in [0.15, 0.2) is 0 Å². The summed E-state index contributed by atoms with van der Waals surface area (Å²) in [5.74, 6) is 0.498. The van der Waals surface area contributed by atoms with Gasteiger partial charge in [-0.2, -0.15) is 0 Å². The third kappa shape index (κ3) is 3.86. The molecule has 1 aromatic carbocycles. The number of hydrogen-bond donors (Lipinski definition) is 0. The van der Waals surface area contributed by atoms with Crippen LogP contribution in [0.25, 0.3) is 0 Å². The van der Waals surface area contributed by atoms with E-state index in [1.54, 1.807) is 24.5 Å². The van der Waals surface area contributed by atoms with Crippen molar-refractivity contribution in [1.29, 1.82) is 0 Å². The number of halogens is 1. The van der Waals surface area contributed by atoms with E-state index in [1.165, 1.54) is 12.1 Å². The maximum Gasteiger partial charge on any atom is 0.225 e. The van der Waals surface area contributed by atoms with Crippen LogP contribution in [0.15, 0.2) is 61.1 Å². The summed E-state index contributed by atoms with van der Waals surface area (Å²) in [6, 6.07) is 12.4. The molecule has 6 heteroatoms. The predicted molar refractivity (Wildman–Crippen MR) is 96.4 cm³/mol. The number of rotatable bonds is 4. The molecule has 1 aliphatic rings. The van der Waals surface area contributed by atoms with Gasteiger partial charge in [0.2, 0.25) is 5.95 Å². The molecule has 0 saturated carbocycles. The zero-order valence-corrected chi connectivity index (χ0v) is 14.3. The Morgan fingerprint density at radius 2 is 1.77 bits per heavy atom. The summed E-state index contributed by atoms with van der Waals surface area (Å²) < 4.78 is 18.9. The van der Waals surface area contributed by atoms with Crippen molar-refractivity contribution >= 4 is 5.95 Å². The summed E-state index contributed by atoms with van der Waals surface area (Å²) in [5, 5.41) is 0. The molecule has 26 heavy (non-hydrogen) atoms. The largest absolute Gasteiger partial charge is 0.368 e. The Morgan fingerprint density at radius 1 is 1.00 bits per heavy atom. The van der Waals surface area contributed by atoms with Gasteiger partial charge in [0.1, 0.15) is 11.9 Å². The lowest BCUT2D eigenvalue weighted by Crippen LogP contribution is -2.39. The number of anilines is 1. The van der Waals surface area contributed by atoms with E-state index in [0.717, 1.165) is 29.8 Å². The van der Waals surface area contributed by atoms with Crippen LogP contribution in [0.3, 0.4) is 0 Å². The molecular weight excluding hydrogens is 331 g/mol. The van der Waals surface area contributed by atoms with Crippen molar-refractivity contribution in [3.8, 4) is 0 Å². The topological polar surface area (TPSA) is 51.1 Å². The number of aromatic nitrogens is 3. The summed E-state index contributed by atoms with van der Waals surface area (Å²) in [6.07, 6.45) is 5.97. The van der Waals surface area contributed by atoms with Crippen molar-refractivity contribution in [2.75, 3.05) is 24.6 Å². The average molecular weight is 350 g/mol. The first kappa shape index (κ1) is 16.6. The van der Waals surface area contributed by atoms with Gasteiger partial charge in [0, 0.05) is 25.1 Å². The van der Waals surface area contributed by atoms with Crippen molar-refractivity contribution < 1.29 is 9.13 Å². The highest BCUT2D eigenvalue weighted by molar-refractivity contribution is 5.31. The molecule has 0 spiro atoms. The van der Waals surface area contributed by atoms with Crippen LogP contribution >= 0.6 is 0 Å². The lowest BCUT2D eigenvalue weighted by atomic mass is 10.1. The summed E-state index contributed by atoms with van der Waals surface area (Å²) >= 11 is 0. The molecule has 1 fully saturated rings. The maximum atomic E-state index is 13.0. The number of hydrogen-bond acceptors (Lipinski definition) is 5. The molecule has 0 bridgehead atoms. The molecule has 2 aromatic heterocycles. The Kier molecular flexibility index (Phi) is 4.84. The molecule has 0 amide bonds. The lowest BCUT2D eigenvalue weighted by molar-refractivity contribution is 0.0364. The van der Waals surface area contributed by atoms with Gasteiger partial charge in [-0.1, -0.05) is 18.2 Å². The van der Waals surface area contributed by atoms with E-state index in [-0.39, 0.29) is 11.9 Å². The van der Waals surface area contributed by atoms with Gasteiger partial charge in [0.05, 0.1) is 18.8 Å². The molecule has 3 heterocycles. The second-order valence-electron chi connectivity index (χ2n) is 6.25. The minimum atomic E-state index is -0.219. The van der Waals surface area contributed by atoms with E-state index < -0.39 is 0 Å². The predicted octanol–water partition coefficient (Wildman–Crippen LogP) is 3.18. The quantitative estimate of drug-likeness (QED) is 0.723. The Morgan fingerprint density at radius 3 is 2.50 bits per heavy atom. The van der Waals surface area contributed by atoms with Crippen molar-refractivity contribution in [2.24, 2.45) is 0 Å². The molecule has 5 nitrogen and oxygen atoms in total. The van der Waals surface area contributed by atoms with Crippen molar-refractivity contribution in [3.63, 3.8) is 0 Å². The highest BCUT2D eigenvalue weighted by Gasteiger charge is 2.24. The minimum absolute atomic E-state index is 0.104. The molecule has 0 aliphatic carbocycles. The number of pyridine rings is 1. The van der Waals surface area contributed by atoms with Crippen LogP contribution in [-0.2, 0) is 11.2 Å². The van der Waals surface area contributed by atoms with Gasteiger partial charge in [-0.05, 0) is 41.8 Å². The molecule has 1 aliphatic heterocycles. The van der Waals surface area contributed by atoms with Crippen LogP contribution in [0, 0.1) is 5.82 Å². The van der Waals surface area contributed by atoms with E-state index in [1.807, 2.05) is 24.4 Å². The van der Waals surface area contributed by atoms with Crippen molar-refractivity contribution in [3.05, 3.63) is 83.7 Å². The van der Waals surface area contributed by atoms with Gasteiger partial charge >= 0.3 is 0 Å². The molecule has 0 N–H and O–H groups in total. The van der Waals surface area contributed by atoms with Crippen LogP contribution in [0.4, 0.5) is 10.3 Å². The fourth-order valence-corrected chi connectivity index (χ4v) is 3.03. The fraction of sp³-hybridized carbons (Fsp3) is 0.250. The van der Waals surface area contributed by atoms with Gasteiger partial charge in [-0.3, -0.25) is 4.98 Å². The number of morpholine rings is 1. The van der Waals surface area contributed by atoms with Crippen LogP contribution < -0.4 is 4.90 Å². The van der Waals surface area contributed by atoms with Gasteiger partial charge in [-0.15, -0.1) is 0 Å². The van der Waals surface area contributed by atoms with Crippen LogP contribution in [0.1, 0.15) is 22.9 Å². The standard InChI is InChI=1S/C20H19FN4O/c21-17-5-2-15(3-6-17)12-16-4-7-18(24-13-16)19-14-25(10-11-26-19)20-22-8-1-9-23-20/h1-9,13,19H,10-12,14H2/t19-/m0/s1. The number of ether oxygens (including phenoxy) is 1. The molecule has 0 unspecified atom stereocenters. The first-order valence-corrected chi connectivity index (χ1v) is 8.61. The van der Waals surface area contributed by atoms with Gasteiger partial charge in [0.25, 0.3) is 0 Å². The van der Waals surface area contributed by atoms with E-state index in [9.17, 15) is 4.39 Å². The summed E-state index contributed by atoms with van der Waals surface area (Å²) in [5.41, 5.74) is 3.04. The lowest BCUT2D eigenvalue weighted by Gasteiger charge is -2.32. The second kappa shape index (κ2) is 7.58. The minimum Gasteiger partial charge on any atom is -0.368 e. The highest BCUT2D eigenvalue weighted by Crippen LogP contribution is 2.23. The molecular formula is C20H19FN4O. The summed E-state index contributed by atoms with van der Waals surface area (Å²) in [6.45, 7) is 2.05. The summed E-state index contributed by atoms with van der Waals surface area (Å²) in [4.78, 5) is 15.3. The molecule has 4 rings (SSSR count). The first-order valence-electron chi connectivity index (χ1n) is 8.61. The number of benzene rings is 1. The van der Waals surface area contributed by atoms with E-state index in [4.69, 9.17) is 4.74 Å². The van der Waals surface area contributed by atoms with E-state index in [2.05, 4.69) is 19.9 Å². The van der Waals surface area contributed by atoms with Crippen molar-refractivity contribution in [1.82, 2.24) is 15.0 Å². The van der Waals surface area contributed by atoms with Gasteiger partial charge in [-0.25, -0.2) is 14.4 Å². The average Bonchev–Trinajstić information content (AvgIpc) is 2.71. The zero-order chi connectivity index (χ0) is 17.8. The molecule has 0 radical (unpaired) electrons. The van der Waals surface area contributed by atoms with Crippen LogP contribution in [-0.4, -0.2) is 34.6 Å². The highest BCUT2D eigenvalue weighted by atomic mass is 19.1. The normalized spacial score (nSPS) is 17.3. The van der Waals surface area contributed by atoms with Crippen LogP contribution in [0.5, 0.6) is 0 Å².